The number of nitrogens with one attached hydrogen (secondary N) is 3. The van der Waals surface area contributed by atoms with Gasteiger partial charge in [0.2, 0.25) is 5.91 Å². The molecule has 1 atom stereocenters. The lowest BCUT2D eigenvalue weighted by Crippen LogP contribution is -2.46. The van der Waals surface area contributed by atoms with E-state index in [-0.39, 0.29) is 31.0 Å². The minimum absolute atomic E-state index is 0.113. The number of ether oxygens (including phenoxy) is 3. The number of fused-ring (bicyclic) bond motifs is 1. The van der Waals surface area contributed by atoms with Crippen LogP contribution in [0.4, 0.5) is 0 Å². The molecule has 4 aromatic carbocycles. The first-order valence-corrected chi connectivity index (χ1v) is 15.2. The Hall–Kier alpha value is -4.66. The average molecular weight is 647 g/mol. The van der Waals surface area contributed by atoms with Crippen molar-refractivity contribution < 1.29 is 23.8 Å². The molecule has 0 aliphatic carbocycles. The molecule has 0 bridgehead atoms. The van der Waals surface area contributed by atoms with Gasteiger partial charge in [-0.05, 0) is 78.6 Å². The van der Waals surface area contributed by atoms with Crippen molar-refractivity contribution in [3.8, 4) is 23.0 Å². The fraction of sp³-hybridized carbons (Fsp3) is 0.200. The highest BCUT2D eigenvalue weighted by Gasteiger charge is 2.17. The largest absolute Gasteiger partial charge is 0.496 e. The number of amides is 2. The van der Waals surface area contributed by atoms with E-state index in [4.69, 9.17) is 37.4 Å². The molecule has 0 saturated heterocycles. The van der Waals surface area contributed by atoms with Gasteiger partial charge < -0.3 is 29.8 Å². The maximum Gasteiger partial charge on any atom is 0.258 e. The number of hydrogen-bond donors (Lipinski definition) is 3. The van der Waals surface area contributed by atoms with Crippen LogP contribution in [0.15, 0.2) is 97.2 Å². The molecule has 2 amide bonds. The number of aromatic amines is 1. The van der Waals surface area contributed by atoms with Crippen LogP contribution in [0.5, 0.6) is 23.0 Å². The second-order valence-electron chi connectivity index (χ2n) is 10.4. The molecule has 1 heterocycles. The number of aryl methyl sites for hydroxylation is 1. The number of rotatable bonds is 14. The van der Waals surface area contributed by atoms with Crippen LogP contribution in [0.2, 0.25) is 10.0 Å². The van der Waals surface area contributed by atoms with E-state index in [2.05, 4.69) is 15.6 Å². The van der Waals surface area contributed by atoms with Crippen LogP contribution < -0.4 is 24.8 Å². The van der Waals surface area contributed by atoms with Crippen molar-refractivity contribution in [3.63, 3.8) is 0 Å². The predicted molar refractivity (Wildman–Crippen MR) is 177 cm³/mol. The molecule has 0 aliphatic heterocycles. The summed E-state index contributed by atoms with van der Waals surface area (Å²) in [5.74, 6) is 1.90. The Kier molecular flexibility index (Phi) is 10.8. The van der Waals surface area contributed by atoms with Crippen LogP contribution in [0.3, 0.4) is 0 Å². The first-order valence-electron chi connectivity index (χ1n) is 14.5. The van der Waals surface area contributed by atoms with Crippen LogP contribution in [0.1, 0.15) is 17.5 Å². The summed E-state index contributed by atoms with van der Waals surface area (Å²) < 4.78 is 16.9. The molecule has 5 aromatic rings. The second kappa shape index (κ2) is 15.4. The molecule has 10 heteroatoms. The van der Waals surface area contributed by atoms with E-state index in [1.54, 1.807) is 49.6 Å². The van der Waals surface area contributed by atoms with Crippen LogP contribution in [0, 0.1) is 0 Å². The Morgan fingerprint density at radius 2 is 1.53 bits per heavy atom. The van der Waals surface area contributed by atoms with Gasteiger partial charge >= 0.3 is 0 Å². The highest BCUT2D eigenvalue weighted by atomic mass is 35.5. The lowest BCUT2D eigenvalue weighted by molar-refractivity contribution is -0.125. The van der Waals surface area contributed by atoms with E-state index in [1.807, 2.05) is 54.7 Å². The van der Waals surface area contributed by atoms with Gasteiger partial charge in [0.1, 0.15) is 23.0 Å². The van der Waals surface area contributed by atoms with E-state index in [9.17, 15) is 9.59 Å². The Labute approximate surface area is 271 Å². The monoisotopic (exact) mass is 645 g/mol. The van der Waals surface area contributed by atoms with Gasteiger partial charge in [0.05, 0.1) is 13.2 Å². The number of hydrogen-bond acceptors (Lipinski definition) is 5. The molecule has 0 aliphatic rings. The normalized spacial score (nSPS) is 11.5. The number of aromatic nitrogens is 1. The molecule has 3 N–H and O–H groups in total. The summed E-state index contributed by atoms with van der Waals surface area (Å²) in [6.07, 6.45) is 3.29. The maximum absolute atomic E-state index is 13.0. The lowest BCUT2D eigenvalue weighted by atomic mass is 10.0. The molecule has 0 fully saturated rings. The van der Waals surface area contributed by atoms with Crippen molar-refractivity contribution in [2.75, 3.05) is 20.3 Å². The van der Waals surface area contributed by atoms with E-state index in [1.165, 1.54) is 0 Å². The Morgan fingerprint density at radius 1 is 0.822 bits per heavy atom. The van der Waals surface area contributed by atoms with E-state index in [0.717, 1.165) is 27.8 Å². The minimum atomic E-state index is -0.365. The second-order valence-corrected chi connectivity index (χ2v) is 11.3. The van der Waals surface area contributed by atoms with Crippen molar-refractivity contribution in [1.82, 2.24) is 15.6 Å². The Balaban J connectivity index is 1.17. The molecular weight excluding hydrogens is 613 g/mol. The van der Waals surface area contributed by atoms with Gasteiger partial charge in [-0.1, -0.05) is 59.6 Å². The Bertz CT molecular complexity index is 1740. The van der Waals surface area contributed by atoms with Crippen LogP contribution in [-0.4, -0.2) is 43.1 Å². The molecule has 8 nitrogen and oxygen atoms in total. The van der Waals surface area contributed by atoms with Crippen LogP contribution in [-0.2, 0) is 22.4 Å². The zero-order valence-corrected chi connectivity index (χ0v) is 26.2. The smallest absolute Gasteiger partial charge is 0.258 e. The topological polar surface area (TPSA) is 102 Å². The molecule has 0 spiro atoms. The van der Waals surface area contributed by atoms with Crippen LogP contribution >= 0.6 is 23.2 Å². The summed E-state index contributed by atoms with van der Waals surface area (Å²) in [4.78, 5) is 29.1. The third-order valence-corrected chi connectivity index (χ3v) is 7.57. The highest BCUT2D eigenvalue weighted by molar-refractivity contribution is 6.34. The summed E-state index contributed by atoms with van der Waals surface area (Å²) in [5, 5.41) is 8.03. The first kappa shape index (κ1) is 31.8. The molecule has 45 heavy (non-hydrogen) atoms. The van der Waals surface area contributed by atoms with Crippen molar-refractivity contribution in [2.24, 2.45) is 0 Å². The van der Waals surface area contributed by atoms with Gasteiger partial charge in [0.15, 0.2) is 6.61 Å². The number of carbonyl (C=O) groups is 2. The summed E-state index contributed by atoms with van der Waals surface area (Å²) in [5.41, 5.74) is 3.01. The number of carbonyl (C=O) groups excluding carboxylic acids is 2. The van der Waals surface area contributed by atoms with Gasteiger partial charge in [0.25, 0.3) is 5.91 Å². The molecule has 232 valence electrons. The summed E-state index contributed by atoms with van der Waals surface area (Å²) in [6.45, 7) is 0.0613. The van der Waals surface area contributed by atoms with E-state index in [0.29, 0.717) is 46.6 Å². The van der Waals surface area contributed by atoms with Gasteiger partial charge in [-0.15, -0.1) is 0 Å². The van der Waals surface area contributed by atoms with Crippen molar-refractivity contribution >= 4 is 45.9 Å². The summed E-state index contributed by atoms with van der Waals surface area (Å²) in [6, 6.07) is 27.1. The lowest BCUT2D eigenvalue weighted by Gasteiger charge is -2.20. The number of para-hydroxylation sites is 2. The third-order valence-electron chi connectivity index (χ3n) is 7.13. The van der Waals surface area contributed by atoms with Crippen LogP contribution in [0.25, 0.3) is 10.9 Å². The van der Waals surface area contributed by atoms with Crippen molar-refractivity contribution in [2.45, 2.75) is 25.3 Å². The fourth-order valence-electron chi connectivity index (χ4n) is 4.97. The quantitative estimate of drug-likeness (QED) is 0.119. The van der Waals surface area contributed by atoms with Gasteiger partial charge in [-0.3, -0.25) is 9.59 Å². The molecule has 0 saturated carbocycles. The van der Waals surface area contributed by atoms with Gasteiger partial charge in [-0.2, -0.15) is 0 Å². The fourth-order valence-corrected chi connectivity index (χ4v) is 5.47. The molecular formula is C35H33Cl2N3O5. The SMILES string of the molecule is COc1ccccc1CCC(=O)NCC(Cc1c[nH]c2ccccc12)NC(=O)COc1ccc(Oc2cc(Cl)cc(Cl)c2)cc1. The highest BCUT2D eigenvalue weighted by Crippen LogP contribution is 2.29. The molecule has 1 unspecified atom stereocenters. The number of benzene rings is 4. The molecule has 1 aromatic heterocycles. The number of H-pyrrole nitrogens is 1. The zero-order chi connectivity index (χ0) is 31.6. The van der Waals surface area contributed by atoms with Gasteiger partial charge in [-0.25, -0.2) is 0 Å². The third kappa shape index (κ3) is 9.17. The van der Waals surface area contributed by atoms with Crippen molar-refractivity contribution in [3.05, 3.63) is 118 Å². The molecule has 5 rings (SSSR count). The van der Waals surface area contributed by atoms with Crippen molar-refractivity contribution in [1.29, 1.82) is 0 Å². The summed E-state index contributed by atoms with van der Waals surface area (Å²) >= 11 is 12.1. The summed E-state index contributed by atoms with van der Waals surface area (Å²) in [7, 11) is 1.61. The van der Waals surface area contributed by atoms with E-state index < -0.39 is 0 Å². The Morgan fingerprint density at radius 3 is 2.31 bits per heavy atom. The van der Waals surface area contributed by atoms with E-state index >= 15 is 0 Å². The number of methoxy groups -OCH3 is 1. The first-order chi connectivity index (χ1) is 21.9. The van der Waals surface area contributed by atoms with Gasteiger partial charge in [0, 0.05) is 40.1 Å². The zero-order valence-electron chi connectivity index (χ0n) is 24.6. The number of halogens is 2. The standard InChI is InChI=1S/C35H33Cl2N3O5/c1-43-33-9-5-2-6-23(33)10-15-34(41)39-21-27(16-24-20-38-32-8-4-3-7-31(24)32)40-35(42)22-44-28-11-13-29(14-12-28)45-30-18-25(36)17-26(37)19-30/h2-9,11-14,17-20,27,38H,10,15-16,21-22H2,1H3,(H,39,41)(H,40,42). The molecule has 0 radical (unpaired) electrons. The predicted octanol–water partition coefficient (Wildman–Crippen LogP) is 7.13. The maximum atomic E-state index is 13.0. The average Bonchev–Trinajstić information content (AvgIpc) is 3.44. The minimum Gasteiger partial charge on any atom is -0.496 e.